The average molecular weight is 156 g/mol. The van der Waals surface area contributed by atoms with Crippen LogP contribution in [0.3, 0.4) is 0 Å². The van der Waals surface area contributed by atoms with Crippen molar-refractivity contribution in [2.45, 2.75) is 26.7 Å². The number of aromatic nitrogens is 1. The lowest BCUT2D eigenvalue weighted by Gasteiger charge is -1.86. The van der Waals surface area contributed by atoms with Gasteiger partial charge < -0.3 is 5.73 Å². The first-order chi connectivity index (χ1) is 4.77. The van der Waals surface area contributed by atoms with Crippen LogP contribution in [0.5, 0.6) is 0 Å². The minimum absolute atomic E-state index is 0.888. The summed E-state index contributed by atoms with van der Waals surface area (Å²) in [5, 5.41) is 2.04. The minimum Gasteiger partial charge on any atom is -0.389 e. The van der Waals surface area contributed by atoms with Crippen molar-refractivity contribution in [3.63, 3.8) is 0 Å². The van der Waals surface area contributed by atoms with Gasteiger partial charge in [-0.2, -0.15) is 0 Å². The van der Waals surface area contributed by atoms with Crippen LogP contribution in [0.1, 0.15) is 24.5 Å². The van der Waals surface area contributed by atoms with Crippen LogP contribution in [0.25, 0.3) is 0 Å². The summed E-state index contributed by atoms with van der Waals surface area (Å²) in [6.45, 7) is 4.17. The third kappa shape index (κ3) is 1.29. The molecular weight excluding hydrogens is 144 g/mol. The van der Waals surface area contributed by atoms with E-state index in [0.29, 0.717) is 0 Å². The van der Waals surface area contributed by atoms with Gasteiger partial charge in [0.25, 0.3) is 0 Å². The highest BCUT2D eigenvalue weighted by molar-refractivity contribution is 7.15. The van der Waals surface area contributed by atoms with E-state index >= 15 is 0 Å². The number of thiazole rings is 1. The Morgan fingerprint density at radius 2 is 2.10 bits per heavy atom. The van der Waals surface area contributed by atoms with E-state index in [-0.39, 0.29) is 0 Å². The van der Waals surface area contributed by atoms with E-state index in [1.807, 2.05) is 0 Å². The van der Waals surface area contributed by atoms with Crippen LogP contribution in [-0.4, -0.2) is 4.98 Å². The van der Waals surface area contributed by atoms with Gasteiger partial charge in [-0.25, -0.2) is 4.98 Å². The van der Waals surface area contributed by atoms with Crippen molar-refractivity contribution in [2.24, 2.45) is 0 Å². The molecule has 56 valence electrons. The predicted molar refractivity (Wildman–Crippen MR) is 45.3 cm³/mol. The first-order valence-corrected chi connectivity index (χ1v) is 4.33. The number of anilines is 1. The zero-order valence-corrected chi connectivity index (χ0v) is 7.16. The van der Waals surface area contributed by atoms with Crippen LogP contribution in [0.15, 0.2) is 0 Å². The molecule has 0 atom stereocenters. The van der Waals surface area contributed by atoms with Crippen LogP contribution in [0.2, 0.25) is 0 Å². The normalized spacial score (nSPS) is 10.2. The van der Waals surface area contributed by atoms with E-state index in [0.717, 1.165) is 28.5 Å². The molecule has 10 heavy (non-hydrogen) atoms. The third-order valence-electron chi connectivity index (χ3n) is 1.41. The maximum Gasteiger partial charge on any atom is 0.109 e. The van der Waals surface area contributed by atoms with Crippen molar-refractivity contribution in [1.29, 1.82) is 0 Å². The van der Waals surface area contributed by atoms with Gasteiger partial charge in [0.1, 0.15) is 5.00 Å². The van der Waals surface area contributed by atoms with Gasteiger partial charge in [0.2, 0.25) is 0 Å². The van der Waals surface area contributed by atoms with Crippen LogP contribution in [0, 0.1) is 0 Å². The second kappa shape index (κ2) is 3.01. The van der Waals surface area contributed by atoms with E-state index < -0.39 is 0 Å². The molecule has 3 heteroatoms. The summed E-state index contributed by atoms with van der Waals surface area (Å²) >= 11 is 1.61. The highest BCUT2D eigenvalue weighted by Gasteiger charge is 2.03. The fourth-order valence-electron chi connectivity index (χ4n) is 0.819. The lowest BCUT2D eigenvalue weighted by atomic mass is 10.3. The fraction of sp³-hybridized carbons (Fsp3) is 0.571. The predicted octanol–water partition coefficient (Wildman–Crippen LogP) is 1.85. The molecule has 0 aliphatic carbocycles. The number of nitrogens with zero attached hydrogens (tertiary/aromatic N) is 1. The summed E-state index contributed by atoms with van der Waals surface area (Å²) in [4.78, 5) is 4.34. The second-order valence-electron chi connectivity index (χ2n) is 2.13. The second-order valence-corrected chi connectivity index (χ2v) is 3.24. The Balaban J connectivity index is 2.92. The lowest BCUT2D eigenvalue weighted by Crippen LogP contribution is -1.87. The van der Waals surface area contributed by atoms with E-state index in [9.17, 15) is 0 Å². The number of nitrogens with two attached hydrogens (primary N) is 1. The molecule has 0 amide bonds. The number of nitrogen functional groups attached to an aromatic ring is 1. The van der Waals surface area contributed by atoms with Crippen molar-refractivity contribution in [2.75, 3.05) is 5.73 Å². The van der Waals surface area contributed by atoms with Gasteiger partial charge in [-0.3, -0.25) is 0 Å². The molecule has 0 radical (unpaired) electrons. The lowest BCUT2D eigenvalue weighted by molar-refractivity contribution is 1.01. The van der Waals surface area contributed by atoms with Crippen LogP contribution >= 0.6 is 11.3 Å². The zero-order valence-electron chi connectivity index (χ0n) is 6.35. The molecule has 0 spiro atoms. The molecule has 0 fully saturated rings. The van der Waals surface area contributed by atoms with Crippen LogP contribution in [0.4, 0.5) is 5.00 Å². The highest BCUT2D eigenvalue weighted by atomic mass is 32.1. The third-order valence-corrected chi connectivity index (χ3v) is 2.48. The fourth-order valence-corrected chi connectivity index (χ4v) is 1.68. The van der Waals surface area contributed by atoms with Crippen molar-refractivity contribution in [1.82, 2.24) is 4.98 Å². The highest BCUT2D eigenvalue weighted by Crippen LogP contribution is 2.21. The molecule has 0 saturated carbocycles. The van der Waals surface area contributed by atoms with Crippen molar-refractivity contribution >= 4 is 16.3 Å². The van der Waals surface area contributed by atoms with Crippen molar-refractivity contribution in [3.8, 4) is 0 Å². The molecule has 0 saturated heterocycles. The Labute approximate surface area is 65.1 Å². The molecule has 0 aromatic carbocycles. The molecule has 0 aliphatic heterocycles. The molecule has 2 N–H and O–H groups in total. The molecule has 2 nitrogen and oxygen atoms in total. The van der Waals surface area contributed by atoms with Crippen LogP contribution in [-0.2, 0) is 12.8 Å². The molecule has 1 rings (SSSR count). The average Bonchev–Trinajstić information content (AvgIpc) is 2.30. The molecule has 1 aromatic heterocycles. The van der Waals surface area contributed by atoms with Gasteiger partial charge in [-0.15, -0.1) is 11.3 Å². The summed E-state index contributed by atoms with van der Waals surface area (Å²) in [7, 11) is 0. The van der Waals surface area contributed by atoms with E-state index in [2.05, 4.69) is 18.8 Å². The van der Waals surface area contributed by atoms with E-state index in [1.165, 1.54) is 0 Å². The molecule has 1 aromatic rings. The smallest absolute Gasteiger partial charge is 0.109 e. The molecule has 1 heterocycles. The Kier molecular flexibility index (Phi) is 2.27. The Bertz CT molecular complexity index is 217. The van der Waals surface area contributed by atoms with Gasteiger partial charge in [-0.1, -0.05) is 13.8 Å². The molecule has 0 aliphatic rings. The minimum atomic E-state index is 0.888. The summed E-state index contributed by atoms with van der Waals surface area (Å²) in [5.74, 6) is 0. The molecular formula is C7H12N2S. The standard InChI is InChI=1S/C7H12N2S/c1-3-5-7(8)10-6(4-2)9-5/h3-4,8H2,1-2H3. The van der Waals surface area contributed by atoms with E-state index in [1.54, 1.807) is 11.3 Å². The SMILES string of the molecule is CCc1nc(CC)c(N)s1. The summed E-state index contributed by atoms with van der Waals surface area (Å²) in [5.41, 5.74) is 6.74. The first kappa shape index (κ1) is 7.54. The van der Waals surface area contributed by atoms with E-state index in [4.69, 9.17) is 5.73 Å². The van der Waals surface area contributed by atoms with Gasteiger partial charge in [-0.05, 0) is 12.8 Å². The van der Waals surface area contributed by atoms with Crippen molar-refractivity contribution in [3.05, 3.63) is 10.7 Å². The van der Waals surface area contributed by atoms with Gasteiger partial charge in [0.05, 0.1) is 10.7 Å². The zero-order chi connectivity index (χ0) is 7.56. The Morgan fingerprint density at radius 3 is 2.40 bits per heavy atom. The number of hydrogen-bond acceptors (Lipinski definition) is 3. The maximum absolute atomic E-state index is 5.68. The number of aryl methyl sites for hydroxylation is 2. The van der Waals surface area contributed by atoms with Gasteiger partial charge in [0.15, 0.2) is 0 Å². The first-order valence-electron chi connectivity index (χ1n) is 3.52. The largest absolute Gasteiger partial charge is 0.389 e. The Morgan fingerprint density at radius 1 is 1.40 bits per heavy atom. The monoisotopic (exact) mass is 156 g/mol. The Hall–Kier alpha value is -0.570. The summed E-state index contributed by atoms with van der Waals surface area (Å²) in [6.07, 6.45) is 1.94. The number of rotatable bonds is 2. The number of hydrogen-bond donors (Lipinski definition) is 1. The molecule has 0 bridgehead atoms. The quantitative estimate of drug-likeness (QED) is 0.709. The van der Waals surface area contributed by atoms with Crippen LogP contribution < -0.4 is 5.73 Å². The summed E-state index contributed by atoms with van der Waals surface area (Å²) in [6, 6.07) is 0. The van der Waals surface area contributed by atoms with Gasteiger partial charge >= 0.3 is 0 Å². The van der Waals surface area contributed by atoms with Crippen molar-refractivity contribution < 1.29 is 0 Å². The van der Waals surface area contributed by atoms with Gasteiger partial charge in [0, 0.05) is 0 Å². The molecule has 0 unspecified atom stereocenters. The topological polar surface area (TPSA) is 38.9 Å². The summed E-state index contributed by atoms with van der Waals surface area (Å²) < 4.78 is 0. The maximum atomic E-state index is 5.68.